The highest BCUT2D eigenvalue weighted by Gasteiger charge is 2.33. The average Bonchev–Trinajstić information content (AvgIpc) is 3.13. The van der Waals surface area contributed by atoms with Crippen molar-refractivity contribution >= 4 is 22.6 Å². The van der Waals surface area contributed by atoms with Crippen LogP contribution in [0.15, 0.2) is 48.5 Å². The molecule has 7 nitrogen and oxygen atoms in total. The fourth-order valence-electron chi connectivity index (χ4n) is 4.55. The number of ether oxygens (including phenoxy) is 1. The number of methoxy groups -OCH3 is 1. The third-order valence-corrected chi connectivity index (χ3v) is 6.31. The molecule has 1 fully saturated rings. The van der Waals surface area contributed by atoms with E-state index in [4.69, 9.17) is 16.2 Å². The van der Waals surface area contributed by atoms with Gasteiger partial charge in [0.1, 0.15) is 28.3 Å². The molecule has 33 heavy (non-hydrogen) atoms. The van der Waals surface area contributed by atoms with Gasteiger partial charge in [-0.2, -0.15) is 5.10 Å². The number of nitrogens with two attached hydrogens (primary N) is 2. The molecular weight excluding hydrogens is 421 g/mol. The second-order valence-electron chi connectivity index (χ2n) is 8.55. The van der Waals surface area contributed by atoms with E-state index in [1.165, 1.54) is 7.11 Å². The Bertz CT molecular complexity index is 1380. The number of carbonyl (C=O) groups is 1. The molecule has 2 aromatic heterocycles. The number of rotatable bonds is 5. The van der Waals surface area contributed by atoms with E-state index in [2.05, 4.69) is 17.0 Å². The van der Waals surface area contributed by atoms with Crippen LogP contribution in [0.1, 0.15) is 36.2 Å². The Kier molecular flexibility index (Phi) is 5.00. The first-order chi connectivity index (χ1) is 15.9. The van der Waals surface area contributed by atoms with Gasteiger partial charge >= 0.3 is 0 Å². The van der Waals surface area contributed by atoms with E-state index in [9.17, 15) is 4.79 Å². The highest BCUT2D eigenvalue weighted by molar-refractivity contribution is 6.04. The Morgan fingerprint density at radius 3 is 2.55 bits per heavy atom. The number of benzene rings is 2. The van der Waals surface area contributed by atoms with Crippen LogP contribution in [0, 0.1) is 11.7 Å². The van der Waals surface area contributed by atoms with Gasteiger partial charge in [0, 0.05) is 22.6 Å². The molecule has 0 unspecified atom stereocenters. The van der Waals surface area contributed by atoms with E-state index in [0.29, 0.717) is 22.7 Å². The summed E-state index contributed by atoms with van der Waals surface area (Å²) in [5, 5.41) is 5.05. The largest absolute Gasteiger partial charge is 0.496 e. The number of aromatic nitrogens is 3. The summed E-state index contributed by atoms with van der Waals surface area (Å²) in [7, 11) is 1.53. The van der Waals surface area contributed by atoms with E-state index in [-0.39, 0.29) is 34.2 Å². The minimum absolute atomic E-state index is 0.0268. The quantitative estimate of drug-likeness (QED) is 0.468. The van der Waals surface area contributed by atoms with Crippen LogP contribution in [0.2, 0.25) is 0 Å². The summed E-state index contributed by atoms with van der Waals surface area (Å²) in [5.74, 6) is -0.156. The number of halogens is 1. The van der Waals surface area contributed by atoms with Crippen molar-refractivity contribution in [3.8, 4) is 28.3 Å². The van der Waals surface area contributed by atoms with Crippen LogP contribution in [-0.2, 0) is 0 Å². The normalized spacial score (nSPS) is 17.7. The minimum atomic E-state index is -0.746. The SMILES string of the molecule is COc1cc(-c2ccccc2)nc2c(F)c(-c3nn(C4CC(C)C4)c(N)c3C(N)=O)ccc12. The summed E-state index contributed by atoms with van der Waals surface area (Å²) >= 11 is 0. The number of primary amides is 1. The highest BCUT2D eigenvalue weighted by Crippen LogP contribution is 2.42. The summed E-state index contributed by atoms with van der Waals surface area (Å²) in [5.41, 5.74) is 13.7. The lowest BCUT2D eigenvalue weighted by Crippen LogP contribution is -2.27. The van der Waals surface area contributed by atoms with Crippen LogP contribution in [0.25, 0.3) is 33.4 Å². The maximum absolute atomic E-state index is 16.0. The van der Waals surface area contributed by atoms with Gasteiger partial charge in [0.05, 0.1) is 18.8 Å². The zero-order chi connectivity index (χ0) is 23.3. The zero-order valence-electron chi connectivity index (χ0n) is 18.4. The smallest absolute Gasteiger partial charge is 0.254 e. The summed E-state index contributed by atoms with van der Waals surface area (Å²) in [6, 6.07) is 14.6. The summed E-state index contributed by atoms with van der Waals surface area (Å²) in [6.45, 7) is 2.14. The zero-order valence-corrected chi connectivity index (χ0v) is 18.4. The van der Waals surface area contributed by atoms with Crippen LogP contribution < -0.4 is 16.2 Å². The predicted molar refractivity (Wildman–Crippen MR) is 125 cm³/mol. The third kappa shape index (κ3) is 3.38. The molecule has 5 rings (SSSR count). The average molecular weight is 445 g/mol. The van der Waals surface area contributed by atoms with Crippen LogP contribution in [-0.4, -0.2) is 27.8 Å². The topological polar surface area (TPSA) is 109 Å². The monoisotopic (exact) mass is 445 g/mol. The molecule has 1 amide bonds. The molecule has 1 saturated carbocycles. The van der Waals surface area contributed by atoms with Gasteiger partial charge in [0.2, 0.25) is 0 Å². The van der Waals surface area contributed by atoms with E-state index in [1.54, 1.807) is 22.9 Å². The van der Waals surface area contributed by atoms with Crippen LogP contribution >= 0.6 is 0 Å². The van der Waals surface area contributed by atoms with Crippen molar-refractivity contribution < 1.29 is 13.9 Å². The Morgan fingerprint density at radius 2 is 1.91 bits per heavy atom. The van der Waals surface area contributed by atoms with Crippen molar-refractivity contribution in [3.05, 3.63) is 59.9 Å². The van der Waals surface area contributed by atoms with Crippen LogP contribution in [0.3, 0.4) is 0 Å². The van der Waals surface area contributed by atoms with E-state index in [0.717, 1.165) is 18.4 Å². The second kappa shape index (κ2) is 7.88. The first-order valence-corrected chi connectivity index (χ1v) is 10.8. The number of hydrogen-bond donors (Lipinski definition) is 2. The standard InChI is InChI=1S/C25H24FN5O2/c1-13-10-15(11-13)31-24(27)20(25(28)32)22(30-31)17-9-8-16-19(33-2)12-18(29-23(16)21(17)26)14-6-4-3-5-7-14/h3-9,12-13,15H,10-11,27H2,1-2H3,(H2,28,32). The van der Waals surface area contributed by atoms with Crippen molar-refractivity contribution in [2.75, 3.05) is 12.8 Å². The molecule has 168 valence electrons. The predicted octanol–water partition coefficient (Wildman–Crippen LogP) is 4.57. The van der Waals surface area contributed by atoms with Gasteiger partial charge in [0.15, 0.2) is 5.82 Å². The molecule has 4 aromatic rings. The van der Waals surface area contributed by atoms with Crippen LogP contribution in [0.5, 0.6) is 5.75 Å². The number of carbonyl (C=O) groups excluding carboxylic acids is 1. The molecule has 4 N–H and O–H groups in total. The van der Waals surface area contributed by atoms with Gasteiger partial charge in [-0.05, 0) is 30.9 Å². The molecule has 8 heteroatoms. The number of nitrogen functional groups attached to an aromatic ring is 1. The molecule has 0 spiro atoms. The Balaban J connectivity index is 1.72. The molecule has 0 atom stereocenters. The lowest BCUT2D eigenvalue weighted by atomic mass is 9.82. The van der Waals surface area contributed by atoms with Gasteiger partial charge in [-0.1, -0.05) is 37.3 Å². The van der Waals surface area contributed by atoms with Crippen molar-refractivity contribution in [2.24, 2.45) is 11.7 Å². The molecule has 2 heterocycles. The number of fused-ring (bicyclic) bond motifs is 1. The molecular formula is C25H24FN5O2. The maximum Gasteiger partial charge on any atom is 0.254 e. The molecule has 2 aromatic carbocycles. The Labute approximate surface area is 190 Å². The fourth-order valence-corrected chi connectivity index (χ4v) is 4.55. The number of amides is 1. The molecule has 0 bridgehead atoms. The summed E-state index contributed by atoms with van der Waals surface area (Å²) in [6.07, 6.45) is 1.78. The van der Waals surface area contributed by atoms with Gasteiger partial charge < -0.3 is 16.2 Å². The van der Waals surface area contributed by atoms with Gasteiger partial charge in [-0.3, -0.25) is 4.79 Å². The first-order valence-electron chi connectivity index (χ1n) is 10.8. The number of pyridine rings is 1. The minimum Gasteiger partial charge on any atom is -0.496 e. The lowest BCUT2D eigenvalue weighted by Gasteiger charge is -2.33. The number of hydrogen-bond acceptors (Lipinski definition) is 5. The Hall–Kier alpha value is -3.94. The second-order valence-corrected chi connectivity index (χ2v) is 8.55. The maximum atomic E-state index is 16.0. The third-order valence-electron chi connectivity index (χ3n) is 6.31. The van der Waals surface area contributed by atoms with Gasteiger partial charge in [-0.25, -0.2) is 14.1 Å². The van der Waals surface area contributed by atoms with Gasteiger partial charge in [-0.15, -0.1) is 0 Å². The molecule has 0 radical (unpaired) electrons. The van der Waals surface area contributed by atoms with Crippen molar-refractivity contribution in [1.29, 1.82) is 0 Å². The van der Waals surface area contributed by atoms with Crippen molar-refractivity contribution in [1.82, 2.24) is 14.8 Å². The summed E-state index contributed by atoms with van der Waals surface area (Å²) < 4.78 is 23.1. The summed E-state index contributed by atoms with van der Waals surface area (Å²) in [4.78, 5) is 16.8. The van der Waals surface area contributed by atoms with E-state index < -0.39 is 11.7 Å². The van der Waals surface area contributed by atoms with E-state index >= 15 is 4.39 Å². The molecule has 1 aliphatic rings. The number of anilines is 1. The molecule has 0 saturated heterocycles. The van der Waals surface area contributed by atoms with E-state index in [1.807, 2.05) is 30.3 Å². The Morgan fingerprint density at radius 1 is 1.18 bits per heavy atom. The fraction of sp³-hybridized carbons (Fsp3) is 0.240. The molecule has 1 aliphatic carbocycles. The number of nitrogens with zero attached hydrogens (tertiary/aromatic N) is 3. The first kappa shape index (κ1) is 20.9. The highest BCUT2D eigenvalue weighted by atomic mass is 19.1. The van der Waals surface area contributed by atoms with Crippen molar-refractivity contribution in [3.63, 3.8) is 0 Å². The van der Waals surface area contributed by atoms with Crippen molar-refractivity contribution in [2.45, 2.75) is 25.8 Å². The van der Waals surface area contributed by atoms with Gasteiger partial charge in [0.25, 0.3) is 5.91 Å². The molecule has 0 aliphatic heterocycles. The lowest BCUT2D eigenvalue weighted by molar-refractivity contribution is 0.100. The van der Waals surface area contributed by atoms with Crippen LogP contribution in [0.4, 0.5) is 10.2 Å².